The Kier molecular flexibility index (Phi) is 8.66. The number of ether oxygens (including phenoxy) is 3. The smallest absolute Gasteiger partial charge is 0.410 e. The summed E-state index contributed by atoms with van der Waals surface area (Å²) >= 11 is 0. The molecule has 0 bridgehead atoms. The molecule has 2 atom stereocenters. The second-order valence-corrected chi connectivity index (χ2v) is 10.3. The molecule has 9 nitrogen and oxygen atoms in total. The molecule has 202 valence electrons. The summed E-state index contributed by atoms with van der Waals surface area (Å²) in [6, 6.07) is 17.4. The zero-order valence-corrected chi connectivity index (χ0v) is 22.4. The Labute approximate surface area is 223 Å². The standard InChI is InChI=1S/C29H35N3O6/c1-5-35-27(33)24-19-32(28(34)37-29(2,3)4)18-22(24)17-20-11-13-23(14-12-20)36-16-15-25-30-26(38-31-25)21-9-7-6-8-10-21/h6-14,22,24H,5,15-19H2,1-4H3/t22-,24+/m1/s1. The van der Waals surface area contributed by atoms with Crippen LogP contribution in [0.1, 0.15) is 39.1 Å². The van der Waals surface area contributed by atoms with Crippen LogP contribution >= 0.6 is 0 Å². The second-order valence-electron chi connectivity index (χ2n) is 10.3. The Morgan fingerprint density at radius 1 is 1.05 bits per heavy atom. The Hall–Kier alpha value is -3.88. The Balaban J connectivity index is 1.31. The first kappa shape index (κ1) is 27.2. The first-order valence-electron chi connectivity index (χ1n) is 13.0. The number of rotatable bonds is 9. The van der Waals surface area contributed by atoms with E-state index in [9.17, 15) is 9.59 Å². The van der Waals surface area contributed by atoms with Crippen LogP contribution in [0.4, 0.5) is 4.79 Å². The lowest BCUT2D eigenvalue weighted by Gasteiger charge is -2.24. The zero-order valence-electron chi connectivity index (χ0n) is 22.4. The molecule has 0 spiro atoms. The van der Waals surface area contributed by atoms with E-state index in [1.54, 1.807) is 11.8 Å². The van der Waals surface area contributed by atoms with Crippen molar-refractivity contribution in [3.8, 4) is 17.2 Å². The molecule has 1 aliphatic rings. The van der Waals surface area contributed by atoms with Gasteiger partial charge in [0.05, 0.1) is 19.1 Å². The Morgan fingerprint density at radius 2 is 1.79 bits per heavy atom. The van der Waals surface area contributed by atoms with Gasteiger partial charge in [0, 0.05) is 25.1 Å². The third-order valence-electron chi connectivity index (χ3n) is 6.19. The maximum absolute atomic E-state index is 12.6. The van der Waals surface area contributed by atoms with Gasteiger partial charge in [0.25, 0.3) is 5.89 Å². The summed E-state index contributed by atoms with van der Waals surface area (Å²) in [7, 11) is 0. The third-order valence-corrected chi connectivity index (χ3v) is 6.19. The van der Waals surface area contributed by atoms with E-state index >= 15 is 0 Å². The van der Waals surface area contributed by atoms with Crippen LogP contribution in [0.15, 0.2) is 59.1 Å². The van der Waals surface area contributed by atoms with Crippen LogP contribution in [0.25, 0.3) is 11.5 Å². The van der Waals surface area contributed by atoms with Gasteiger partial charge in [-0.1, -0.05) is 35.5 Å². The molecule has 0 N–H and O–H groups in total. The van der Waals surface area contributed by atoms with Gasteiger partial charge in [-0.3, -0.25) is 4.79 Å². The number of benzene rings is 2. The third kappa shape index (κ3) is 7.34. The highest BCUT2D eigenvalue weighted by Gasteiger charge is 2.41. The van der Waals surface area contributed by atoms with Gasteiger partial charge in [-0.05, 0) is 69.9 Å². The van der Waals surface area contributed by atoms with Gasteiger partial charge in [-0.25, -0.2) is 4.79 Å². The van der Waals surface area contributed by atoms with Crippen LogP contribution in [0.2, 0.25) is 0 Å². The average Bonchev–Trinajstić information content (AvgIpc) is 3.53. The first-order valence-corrected chi connectivity index (χ1v) is 13.0. The van der Waals surface area contributed by atoms with Crippen LogP contribution in [0, 0.1) is 11.8 Å². The van der Waals surface area contributed by atoms with Crippen molar-refractivity contribution < 1.29 is 28.3 Å². The molecule has 0 unspecified atom stereocenters. The second kappa shape index (κ2) is 12.1. The normalized spacial score (nSPS) is 17.3. The minimum atomic E-state index is -0.599. The SMILES string of the molecule is CCOC(=O)[C@H]1CN(C(=O)OC(C)(C)C)C[C@H]1Cc1ccc(OCCc2noc(-c3ccccc3)n2)cc1. The van der Waals surface area contributed by atoms with Crippen LogP contribution in [0.5, 0.6) is 5.75 Å². The molecule has 0 radical (unpaired) electrons. The topological polar surface area (TPSA) is 104 Å². The van der Waals surface area contributed by atoms with E-state index in [1.807, 2.05) is 75.4 Å². The van der Waals surface area contributed by atoms with E-state index < -0.39 is 17.6 Å². The number of aromatic nitrogens is 2. The summed E-state index contributed by atoms with van der Waals surface area (Å²) in [6.07, 6.45) is 0.742. The number of likely N-dealkylation sites (tertiary alicyclic amines) is 1. The fraction of sp³-hybridized carbons (Fsp3) is 0.448. The summed E-state index contributed by atoms with van der Waals surface area (Å²) in [5.74, 6) is 1.06. The molecule has 38 heavy (non-hydrogen) atoms. The van der Waals surface area contributed by atoms with Gasteiger partial charge < -0.3 is 23.6 Å². The van der Waals surface area contributed by atoms with E-state index in [-0.39, 0.29) is 11.9 Å². The van der Waals surface area contributed by atoms with Gasteiger partial charge in [0.2, 0.25) is 0 Å². The minimum absolute atomic E-state index is 0.0645. The minimum Gasteiger partial charge on any atom is -0.493 e. The maximum Gasteiger partial charge on any atom is 0.410 e. The molecule has 9 heteroatoms. The largest absolute Gasteiger partial charge is 0.493 e. The van der Waals surface area contributed by atoms with Crippen molar-refractivity contribution >= 4 is 12.1 Å². The number of amides is 1. The molecule has 0 aliphatic carbocycles. The van der Waals surface area contributed by atoms with Crippen LogP contribution in [-0.4, -0.2) is 59.0 Å². The van der Waals surface area contributed by atoms with Crippen LogP contribution in [-0.2, 0) is 27.1 Å². The van der Waals surface area contributed by atoms with Crippen LogP contribution < -0.4 is 4.74 Å². The molecule has 0 saturated carbocycles. The average molecular weight is 522 g/mol. The molecule has 2 heterocycles. The molecule has 4 rings (SSSR count). The molecule has 1 saturated heterocycles. The quantitative estimate of drug-likeness (QED) is 0.365. The highest BCUT2D eigenvalue weighted by atomic mass is 16.6. The van der Waals surface area contributed by atoms with E-state index in [4.69, 9.17) is 18.7 Å². The number of nitrogens with zero attached hydrogens (tertiary/aromatic N) is 3. The van der Waals surface area contributed by atoms with Crippen molar-refractivity contribution in [3.63, 3.8) is 0 Å². The molecule has 2 aromatic carbocycles. The van der Waals surface area contributed by atoms with Crippen LogP contribution in [0.3, 0.4) is 0 Å². The highest BCUT2D eigenvalue weighted by Crippen LogP contribution is 2.30. The Morgan fingerprint density at radius 3 is 2.47 bits per heavy atom. The monoisotopic (exact) mass is 521 g/mol. The van der Waals surface area contributed by atoms with E-state index in [2.05, 4.69) is 10.1 Å². The zero-order chi connectivity index (χ0) is 27.1. The van der Waals surface area contributed by atoms with E-state index in [0.717, 1.165) is 16.9 Å². The summed E-state index contributed by atoms with van der Waals surface area (Å²) in [5, 5.41) is 4.03. The number of esters is 1. The highest BCUT2D eigenvalue weighted by molar-refractivity contribution is 5.76. The summed E-state index contributed by atoms with van der Waals surface area (Å²) in [5.41, 5.74) is 1.33. The number of carbonyl (C=O) groups excluding carboxylic acids is 2. The lowest BCUT2D eigenvalue weighted by Crippen LogP contribution is -2.36. The Bertz CT molecular complexity index is 1200. The van der Waals surface area contributed by atoms with E-state index in [0.29, 0.717) is 50.9 Å². The molecular formula is C29H35N3O6. The predicted octanol–water partition coefficient (Wildman–Crippen LogP) is 4.95. The predicted molar refractivity (Wildman–Crippen MR) is 140 cm³/mol. The molecular weight excluding hydrogens is 486 g/mol. The lowest BCUT2D eigenvalue weighted by atomic mass is 9.90. The lowest BCUT2D eigenvalue weighted by molar-refractivity contribution is -0.148. The van der Waals surface area contributed by atoms with Gasteiger partial charge in [-0.15, -0.1) is 0 Å². The van der Waals surface area contributed by atoms with Crippen molar-refractivity contribution in [1.29, 1.82) is 0 Å². The summed E-state index contributed by atoms with van der Waals surface area (Å²) in [4.78, 5) is 31.3. The van der Waals surface area contributed by atoms with Crippen molar-refractivity contribution in [3.05, 3.63) is 66.0 Å². The fourth-order valence-corrected chi connectivity index (χ4v) is 4.41. The summed E-state index contributed by atoms with van der Waals surface area (Å²) < 4.78 is 22.0. The molecule has 1 fully saturated rings. The molecule has 1 amide bonds. The van der Waals surface area contributed by atoms with Gasteiger partial charge >= 0.3 is 12.1 Å². The van der Waals surface area contributed by atoms with Crippen molar-refractivity contribution in [2.75, 3.05) is 26.3 Å². The number of hydrogen-bond acceptors (Lipinski definition) is 8. The first-order chi connectivity index (χ1) is 18.2. The van der Waals surface area contributed by atoms with Crippen molar-refractivity contribution in [2.24, 2.45) is 11.8 Å². The van der Waals surface area contributed by atoms with Gasteiger partial charge in [0.15, 0.2) is 5.82 Å². The number of hydrogen-bond donors (Lipinski definition) is 0. The molecule has 1 aromatic heterocycles. The van der Waals surface area contributed by atoms with Crippen molar-refractivity contribution in [2.45, 2.75) is 46.1 Å². The van der Waals surface area contributed by atoms with Gasteiger partial charge in [-0.2, -0.15) is 4.98 Å². The van der Waals surface area contributed by atoms with E-state index in [1.165, 1.54) is 0 Å². The van der Waals surface area contributed by atoms with Crippen molar-refractivity contribution in [1.82, 2.24) is 15.0 Å². The van der Waals surface area contributed by atoms with Gasteiger partial charge in [0.1, 0.15) is 11.4 Å². The molecule has 1 aliphatic heterocycles. The summed E-state index contributed by atoms with van der Waals surface area (Å²) in [6.45, 7) is 8.71. The number of carbonyl (C=O) groups is 2. The maximum atomic E-state index is 12.6. The fourth-order valence-electron chi connectivity index (χ4n) is 4.41. The molecule has 3 aromatic rings.